The van der Waals surface area contributed by atoms with Crippen LogP contribution in [0.1, 0.15) is 29.8 Å². The fourth-order valence-electron chi connectivity index (χ4n) is 1.89. The lowest BCUT2D eigenvalue weighted by Crippen LogP contribution is -2.35. The highest BCUT2D eigenvalue weighted by atomic mass is 32.1. The summed E-state index contributed by atoms with van der Waals surface area (Å²) in [5.74, 6) is -0.769. The lowest BCUT2D eigenvalue weighted by atomic mass is 9.83. The maximum absolute atomic E-state index is 12.5. The van der Waals surface area contributed by atoms with Gasteiger partial charge in [-0.1, -0.05) is 12.1 Å². The summed E-state index contributed by atoms with van der Waals surface area (Å²) in [7, 11) is 0. The molecule has 1 heterocycles. The van der Waals surface area contributed by atoms with E-state index < -0.39 is 11.3 Å². The van der Waals surface area contributed by atoms with E-state index in [2.05, 4.69) is 5.32 Å². The van der Waals surface area contributed by atoms with Gasteiger partial charge in [-0.2, -0.15) is 0 Å². The second-order valence-corrected chi connectivity index (χ2v) is 6.14. The van der Waals surface area contributed by atoms with E-state index in [0.717, 1.165) is 5.56 Å². The van der Waals surface area contributed by atoms with Crippen molar-refractivity contribution in [3.63, 3.8) is 0 Å². The van der Waals surface area contributed by atoms with Crippen LogP contribution in [-0.4, -0.2) is 11.8 Å². The molecule has 2 rings (SSSR count). The number of anilines is 2. The van der Waals surface area contributed by atoms with Gasteiger partial charge in [-0.25, -0.2) is 0 Å². The highest BCUT2D eigenvalue weighted by Gasteiger charge is 2.30. The molecule has 21 heavy (non-hydrogen) atoms. The number of nitrogens with one attached hydrogen (secondary N) is 1. The van der Waals surface area contributed by atoms with Crippen molar-refractivity contribution < 1.29 is 9.59 Å². The van der Waals surface area contributed by atoms with Crippen molar-refractivity contribution in [3.05, 3.63) is 46.8 Å². The Morgan fingerprint density at radius 1 is 1.14 bits per heavy atom. The maximum Gasteiger partial charge on any atom is 0.251 e. The molecule has 0 bridgehead atoms. The molecular formula is C15H17N3O2S. The van der Waals surface area contributed by atoms with Crippen LogP contribution in [0.5, 0.6) is 0 Å². The number of hydrogen-bond acceptors (Lipinski definition) is 4. The zero-order valence-electron chi connectivity index (χ0n) is 11.8. The van der Waals surface area contributed by atoms with Crippen molar-refractivity contribution in [3.8, 4) is 0 Å². The predicted molar refractivity (Wildman–Crippen MR) is 85.3 cm³/mol. The number of benzene rings is 1. The Hall–Kier alpha value is -2.34. The van der Waals surface area contributed by atoms with Crippen LogP contribution in [0.3, 0.4) is 0 Å². The molecule has 0 saturated carbocycles. The zero-order valence-corrected chi connectivity index (χ0v) is 12.7. The Kier molecular flexibility index (Phi) is 3.99. The molecule has 0 fully saturated rings. The van der Waals surface area contributed by atoms with Crippen molar-refractivity contribution in [2.75, 3.05) is 11.1 Å². The number of rotatable bonds is 4. The van der Waals surface area contributed by atoms with Crippen molar-refractivity contribution in [2.24, 2.45) is 5.73 Å². The van der Waals surface area contributed by atoms with Crippen LogP contribution < -0.4 is 16.8 Å². The molecule has 0 saturated heterocycles. The standard InChI is InChI=1S/C15H17N3O2S/c1-15(2,9-3-5-10(16)6-4-9)14(20)18-13-11(12(17)19)7-8-21-13/h3-8H,16H2,1-2H3,(H2,17,19)(H,18,20). The van der Waals surface area contributed by atoms with Crippen molar-refractivity contribution >= 4 is 33.8 Å². The number of thiophene rings is 1. The molecule has 6 heteroatoms. The first-order valence-corrected chi connectivity index (χ1v) is 7.25. The summed E-state index contributed by atoms with van der Waals surface area (Å²) in [4.78, 5) is 23.8. The third-order valence-electron chi connectivity index (χ3n) is 3.36. The van der Waals surface area contributed by atoms with Gasteiger partial charge in [-0.3, -0.25) is 9.59 Å². The SMILES string of the molecule is CC(C)(C(=O)Nc1sccc1C(N)=O)c1ccc(N)cc1. The van der Waals surface area contributed by atoms with E-state index in [-0.39, 0.29) is 5.91 Å². The van der Waals surface area contributed by atoms with E-state index in [1.165, 1.54) is 11.3 Å². The number of nitrogens with two attached hydrogens (primary N) is 2. The van der Waals surface area contributed by atoms with Crippen LogP contribution in [0, 0.1) is 0 Å². The molecule has 1 aromatic carbocycles. The summed E-state index contributed by atoms with van der Waals surface area (Å²) < 4.78 is 0. The topological polar surface area (TPSA) is 98.2 Å². The molecular weight excluding hydrogens is 286 g/mol. The van der Waals surface area contributed by atoms with E-state index in [1.807, 2.05) is 26.0 Å². The molecule has 5 nitrogen and oxygen atoms in total. The number of nitrogen functional groups attached to an aromatic ring is 1. The summed E-state index contributed by atoms with van der Waals surface area (Å²) in [6.45, 7) is 3.62. The molecule has 2 amide bonds. The van der Waals surface area contributed by atoms with Crippen molar-refractivity contribution in [1.82, 2.24) is 0 Å². The van der Waals surface area contributed by atoms with Crippen LogP contribution >= 0.6 is 11.3 Å². The van der Waals surface area contributed by atoms with Crippen LogP contribution in [0.25, 0.3) is 0 Å². The fraction of sp³-hybridized carbons (Fsp3) is 0.200. The number of amides is 2. The van der Waals surface area contributed by atoms with Gasteiger partial charge in [-0.05, 0) is 43.0 Å². The van der Waals surface area contributed by atoms with Gasteiger partial charge < -0.3 is 16.8 Å². The predicted octanol–water partition coefficient (Wildman–Crippen LogP) is 2.35. The van der Waals surface area contributed by atoms with Gasteiger partial charge in [0.15, 0.2) is 0 Å². The second kappa shape index (κ2) is 5.57. The van der Waals surface area contributed by atoms with Crippen LogP contribution in [0.15, 0.2) is 35.7 Å². The highest BCUT2D eigenvalue weighted by molar-refractivity contribution is 7.14. The van der Waals surface area contributed by atoms with Gasteiger partial charge in [-0.15, -0.1) is 11.3 Å². The molecule has 0 aliphatic heterocycles. The number of primary amides is 1. The smallest absolute Gasteiger partial charge is 0.251 e. The van der Waals surface area contributed by atoms with Gasteiger partial charge in [0.25, 0.3) is 5.91 Å². The maximum atomic E-state index is 12.5. The van der Waals surface area contributed by atoms with Crippen molar-refractivity contribution in [2.45, 2.75) is 19.3 Å². The first-order valence-electron chi connectivity index (χ1n) is 6.37. The van der Waals surface area contributed by atoms with Crippen LogP contribution in [-0.2, 0) is 10.2 Å². The van der Waals surface area contributed by atoms with E-state index in [4.69, 9.17) is 11.5 Å². The van der Waals surface area contributed by atoms with Gasteiger partial charge in [0.05, 0.1) is 11.0 Å². The minimum Gasteiger partial charge on any atom is -0.399 e. The number of hydrogen-bond donors (Lipinski definition) is 3. The summed E-state index contributed by atoms with van der Waals surface area (Å²) in [6, 6.07) is 8.74. The Bertz CT molecular complexity index is 674. The molecule has 1 aromatic heterocycles. The lowest BCUT2D eigenvalue weighted by Gasteiger charge is -2.24. The third-order valence-corrected chi connectivity index (χ3v) is 4.19. The minimum absolute atomic E-state index is 0.211. The molecule has 0 aliphatic carbocycles. The molecule has 0 radical (unpaired) electrons. The van der Waals surface area contributed by atoms with Crippen LogP contribution in [0.2, 0.25) is 0 Å². The summed E-state index contributed by atoms with van der Waals surface area (Å²) in [5.41, 5.74) is 12.0. The van der Waals surface area contributed by atoms with Gasteiger partial charge in [0.1, 0.15) is 5.00 Å². The number of carbonyl (C=O) groups excluding carboxylic acids is 2. The summed E-state index contributed by atoms with van der Waals surface area (Å²) >= 11 is 1.27. The molecule has 5 N–H and O–H groups in total. The summed E-state index contributed by atoms with van der Waals surface area (Å²) in [5, 5.41) is 4.96. The molecule has 0 unspecified atom stereocenters. The van der Waals surface area contributed by atoms with E-state index >= 15 is 0 Å². The Labute approximate surface area is 127 Å². The second-order valence-electron chi connectivity index (χ2n) is 5.23. The Balaban J connectivity index is 2.24. The monoisotopic (exact) mass is 303 g/mol. The quantitative estimate of drug-likeness (QED) is 0.756. The highest BCUT2D eigenvalue weighted by Crippen LogP contribution is 2.29. The van der Waals surface area contributed by atoms with Gasteiger partial charge in [0, 0.05) is 5.69 Å². The third kappa shape index (κ3) is 3.05. The van der Waals surface area contributed by atoms with E-state index in [1.54, 1.807) is 23.6 Å². The molecule has 2 aromatic rings. The first kappa shape index (κ1) is 15.1. The Morgan fingerprint density at radius 2 is 1.76 bits per heavy atom. The average Bonchev–Trinajstić information content (AvgIpc) is 2.87. The number of carbonyl (C=O) groups is 2. The zero-order chi connectivity index (χ0) is 15.6. The lowest BCUT2D eigenvalue weighted by molar-refractivity contribution is -0.120. The Morgan fingerprint density at radius 3 is 2.33 bits per heavy atom. The summed E-state index contributed by atoms with van der Waals surface area (Å²) in [6.07, 6.45) is 0. The molecule has 0 atom stereocenters. The van der Waals surface area contributed by atoms with Crippen LogP contribution in [0.4, 0.5) is 10.7 Å². The van der Waals surface area contributed by atoms with Gasteiger partial charge >= 0.3 is 0 Å². The average molecular weight is 303 g/mol. The normalized spacial score (nSPS) is 11.1. The molecule has 0 aliphatic rings. The fourth-order valence-corrected chi connectivity index (χ4v) is 2.68. The van der Waals surface area contributed by atoms with E-state index in [0.29, 0.717) is 16.3 Å². The van der Waals surface area contributed by atoms with Gasteiger partial charge in [0.2, 0.25) is 5.91 Å². The molecule has 110 valence electrons. The van der Waals surface area contributed by atoms with Crippen molar-refractivity contribution in [1.29, 1.82) is 0 Å². The minimum atomic E-state index is -0.757. The first-order chi connectivity index (χ1) is 9.82. The van der Waals surface area contributed by atoms with E-state index in [9.17, 15) is 9.59 Å². The largest absolute Gasteiger partial charge is 0.399 e. The molecule has 0 spiro atoms.